The van der Waals surface area contributed by atoms with Crippen LogP contribution in [0.3, 0.4) is 0 Å². The first-order valence-corrected chi connectivity index (χ1v) is 14.3. The van der Waals surface area contributed by atoms with Crippen LogP contribution in [0.25, 0.3) is 21.8 Å². The zero-order valence-corrected chi connectivity index (χ0v) is 24.6. The second kappa shape index (κ2) is 11.8. The first-order chi connectivity index (χ1) is 18.7. The molecule has 0 aliphatic rings. The maximum Gasteiger partial charge on any atom is 0.476 e. The average molecular weight is 623 g/mol. The molecule has 0 saturated carbocycles. The molecule has 1 heterocycles. The zero-order chi connectivity index (χ0) is 31.0. The van der Waals surface area contributed by atoms with Crippen molar-refractivity contribution >= 4 is 25.3 Å². The molecule has 3 aromatic rings. The summed E-state index contributed by atoms with van der Waals surface area (Å²) in [6.45, 7) is 8.30. The Balaban J connectivity index is 2.22. The van der Waals surface area contributed by atoms with E-state index in [1.165, 1.54) is 5.38 Å². The number of primary amides is 1. The maximum absolute atomic E-state index is 14.4. The van der Waals surface area contributed by atoms with Gasteiger partial charge in [0.05, 0.1) is 34.6 Å². The maximum atomic E-state index is 14.4. The number of carbonyl (C=O) groups is 1. The van der Waals surface area contributed by atoms with Gasteiger partial charge in [-0.15, -0.1) is 11.3 Å². The number of benzene rings is 2. The number of halogens is 5. The standard InChI is InChI=1S/C26H28F5N2O6PS/c1-24(2,3)38-40(35,39-25(4,5)6)36-12-16-17(26(29,30)31)9-10-20(37-23(32)34)21(16)22-33-19(13-41-22)15-8-7-14(27)11-18(15)28/h7-11,13H,12H2,1-6H3,(H2,32,34). The van der Waals surface area contributed by atoms with E-state index in [1.54, 1.807) is 41.5 Å². The summed E-state index contributed by atoms with van der Waals surface area (Å²) < 4.78 is 106. The topological polar surface area (TPSA) is 110 Å². The van der Waals surface area contributed by atoms with Gasteiger partial charge in [0.2, 0.25) is 0 Å². The Bertz CT molecular complexity index is 1460. The largest absolute Gasteiger partial charge is 0.476 e. The molecule has 8 nitrogen and oxygen atoms in total. The number of nitrogens with zero attached hydrogens (tertiary/aromatic N) is 1. The van der Waals surface area contributed by atoms with Gasteiger partial charge < -0.3 is 10.5 Å². The highest BCUT2D eigenvalue weighted by molar-refractivity contribution is 7.48. The van der Waals surface area contributed by atoms with Crippen molar-refractivity contribution in [2.45, 2.75) is 65.5 Å². The molecule has 0 saturated heterocycles. The monoisotopic (exact) mass is 622 g/mol. The minimum Gasteiger partial charge on any atom is -0.410 e. The van der Waals surface area contributed by atoms with Crippen LogP contribution in [0, 0.1) is 11.6 Å². The van der Waals surface area contributed by atoms with Crippen LogP contribution in [0.15, 0.2) is 35.7 Å². The molecule has 2 aromatic carbocycles. The van der Waals surface area contributed by atoms with Crippen molar-refractivity contribution in [2.75, 3.05) is 0 Å². The number of hydrogen-bond donors (Lipinski definition) is 1. The first-order valence-electron chi connectivity index (χ1n) is 12.0. The van der Waals surface area contributed by atoms with Crippen LogP contribution in [0.5, 0.6) is 5.75 Å². The summed E-state index contributed by atoms with van der Waals surface area (Å²) in [6, 6.07) is 4.23. The van der Waals surface area contributed by atoms with Crippen molar-refractivity contribution in [2.24, 2.45) is 5.73 Å². The van der Waals surface area contributed by atoms with E-state index < -0.39 is 66.4 Å². The van der Waals surface area contributed by atoms with Gasteiger partial charge in [0.1, 0.15) is 22.4 Å². The van der Waals surface area contributed by atoms with Crippen LogP contribution in [-0.2, 0) is 30.9 Å². The number of alkyl halides is 3. The Hall–Kier alpha value is -2.90. The number of rotatable bonds is 8. The SMILES string of the molecule is CC(C)(C)OP(=O)(OCc1c(C(F)(F)F)ccc(OC(N)=O)c1-c1nc(-c2ccc(F)cc2F)cs1)OC(C)(C)C. The van der Waals surface area contributed by atoms with E-state index in [4.69, 9.17) is 24.0 Å². The molecule has 0 bridgehead atoms. The highest BCUT2D eigenvalue weighted by Crippen LogP contribution is 2.57. The Morgan fingerprint density at radius 3 is 2.12 bits per heavy atom. The summed E-state index contributed by atoms with van der Waals surface area (Å²) in [5.41, 5.74) is 0.582. The highest BCUT2D eigenvalue weighted by atomic mass is 32.1. The van der Waals surface area contributed by atoms with Crippen LogP contribution in [0.1, 0.15) is 52.7 Å². The lowest BCUT2D eigenvalue weighted by Crippen LogP contribution is -2.25. The molecule has 15 heteroatoms. The van der Waals surface area contributed by atoms with Crippen molar-refractivity contribution in [1.82, 2.24) is 4.98 Å². The number of nitrogens with two attached hydrogens (primary N) is 1. The van der Waals surface area contributed by atoms with Crippen LogP contribution < -0.4 is 10.5 Å². The minimum absolute atomic E-state index is 0.0328. The van der Waals surface area contributed by atoms with Crippen molar-refractivity contribution < 1.29 is 49.6 Å². The van der Waals surface area contributed by atoms with Crippen molar-refractivity contribution in [3.63, 3.8) is 0 Å². The Morgan fingerprint density at radius 1 is 1.00 bits per heavy atom. The van der Waals surface area contributed by atoms with E-state index in [9.17, 15) is 31.3 Å². The van der Waals surface area contributed by atoms with Crippen LogP contribution in [0.4, 0.5) is 26.7 Å². The molecule has 224 valence electrons. The number of phosphoric acid groups is 1. The lowest BCUT2D eigenvalue weighted by molar-refractivity contribution is -0.138. The summed E-state index contributed by atoms with van der Waals surface area (Å²) in [4.78, 5) is 15.9. The van der Waals surface area contributed by atoms with E-state index in [1.807, 2.05) is 0 Å². The quantitative estimate of drug-likeness (QED) is 0.198. The molecule has 1 amide bonds. The number of phosphoric ester groups is 1. The van der Waals surface area contributed by atoms with E-state index in [2.05, 4.69) is 4.98 Å². The van der Waals surface area contributed by atoms with Gasteiger partial charge in [-0.1, -0.05) is 0 Å². The molecule has 0 atom stereocenters. The van der Waals surface area contributed by atoms with Crippen LogP contribution >= 0.6 is 19.2 Å². The molecular weight excluding hydrogens is 594 g/mol. The smallest absolute Gasteiger partial charge is 0.410 e. The number of ether oxygens (including phenoxy) is 1. The number of amides is 1. The fraction of sp³-hybridized carbons (Fsp3) is 0.385. The van der Waals surface area contributed by atoms with Gasteiger partial charge in [0.25, 0.3) is 0 Å². The van der Waals surface area contributed by atoms with Crippen molar-refractivity contribution in [3.8, 4) is 27.6 Å². The van der Waals surface area contributed by atoms with Gasteiger partial charge in [0, 0.05) is 22.6 Å². The summed E-state index contributed by atoms with van der Waals surface area (Å²) in [5, 5.41) is 1.16. The number of hydrogen-bond acceptors (Lipinski definition) is 8. The van der Waals surface area contributed by atoms with Gasteiger partial charge in [-0.05, 0) is 65.8 Å². The normalized spacial score (nSPS) is 13.0. The first kappa shape index (κ1) is 32.6. The molecule has 3 rings (SSSR count). The Labute approximate surface area is 237 Å². The predicted octanol–water partition coefficient (Wildman–Crippen LogP) is 8.49. The number of carbonyl (C=O) groups excluding carboxylic acids is 1. The van der Waals surface area contributed by atoms with Gasteiger partial charge in [-0.25, -0.2) is 23.1 Å². The summed E-state index contributed by atoms with van der Waals surface area (Å²) in [6.07, 6.45) is -6.29. The van der Waals surface area contributed by atoms with Crippen molar-refractivity contribution in [3.05, 3.63) is 58.5 Å². The second-order valence-electron chi connectivity index (χ2n) is 10.7. The third kappa shape index (κ3) is 8.79. The lowest BCUT2D eigenvalue weighted by atomic mass is 10.00. The van der Waals surface area contributed by atoms with Gasteiger partial charge in [0.15, 0.2) is 0 Å². The molecule has 0 aliphatic carbocycles. The average Bonchev–Trinajstić information content (AvgIpc) is 3.23. The van der Waals surface area contributed by atoms with Gasteiger partial charge in [-0.3, -0.25) is 13.6 Å². The van der Waals surface area contributed by atoms with E-state index in [-0.39, 0.29) is 21.8 Å². The fourth-order valence-corrected chi connectivity index (χ4v) is 6.23. The molecular formula is C26H28F5N2O6PS. The van der Waals surface area contributed by atoms with E-state index >= 15 is 0 Å². The third-order valence-electron chi connectivity index (χ3n) is 4.85. The van der Waals surface area contributed by atoms with Crippen molar-refractivity contribution in [1.29, 1.82) is 0 Å². The van der Waals surface area contributed by atoms with Gasteiger partial charge in [-0.2, -0.15) is 13.2 Å². The van der Waals surface area contributed by atoms with E-state index in [0.29, 0.717) is 12.1 Å². The Kier molecular flexibility index (Phi) is 9.36. The molecule has 0 aliphatic heterocycles. The summed E-state index contributed by atoms with van der Waals surface area (Å²) in [5.74, 6) is -2.22. The number of thiazole rings is 1. The lowest BCUT2D eigenvalue weighted by Gasteiger charge is -2.31. The third-order valence-corrected chi connectivity index (χ3v) is 7.70. The highest BCUT2D eigenvalue weighted by Gasteiger charge is 2.40. The van der Waals surface area contributed by atoms with Crippen LogP contribution in [0.2, 0.25) is 0 Å². The molecule has 0 spiro atoms. The fourth-order valence-electron chi connectivity index (χ4n) is 3.56. The summed E-state index contributed by atoms with van der Waals surface area (Å²) >= 11 is 0.780. The predicted molar refractivity (Wildman–Crippen MR) is 142 cm³/mol. The molecule has 0 radical (unpaired) electrons. The Morgan fingerprint density at radius 2 is 1.61 bits per heavy atom. The second-order valence-corrected chi connectivity index (χ2v) is 13.0. The zero-order valence-electron chi connectivity index (χ0n) is 22.9. The molecule has 1 aromatic heterocycles. The van der Waals surface area contributed by atoms with Crippen LogP contribution in [-0.4, -0.2) is 22.3 Å². The minimum atomic E-state index is -4.96. The number of aromatic nitrogens is 1. The van der Waals surface area contributed by atoms with Gasteiger partial charge >= 0.3 is 20.1 Å². The molecule has 41 heavy (non-hydrogen) atoms. The molecule has 0 unspecified atom stereocenters. The van der Waals surface area contributed by atoms with E-state index in [0.717, 1.165) is 29.5 Å². The molecule has 0 fully saturated rings. The summed E-state index contributed by atoms with van der Waals surface area (Å²) in [7, 11) is -4.51. The molecule has 2 N–H and O–H groups in total.